The highest BCUT2D eigenvalue weighted by Gasteiger charge is 2.39. The first-order valence-electron chi connectivity index (χ1n) is 9.80. The zero-order chi connectivity index (χ0) is 22.0. The number of ether oxygens (including phenoxy) is 1. The number of aryl methyl sites for hydroxylation is 1. The summed E-state index contributed by atoms with van der Waals surface area (Å²) in [6.07, 6.45) is 0. The number of hydrogen-bond donors (Lipinski definition) is 1. The molecule has 0 saturated carbocycles. The second-order valence-electron chi connectivity index (χ2n) is 7.26. The Hall–Kier alpha value is -3.57. The fourth-order valence-corrected chi connectivity index (χ4v) is 3.60. The fourth-order valence-electron chi connectivity index (χ4n) is 3.48. The van der Waals surface area contributed by atoms with Gasteiger partial charge in [-0.1, -0.05) is 65.7 Å². The Morgan fingerprint density at radius 2 is 1.58 bits per heavy atom. The fraction of sp³-hybridized carbons (Fsp3) is 0.120. The van der Waals surface area contributed by atoms with Crippen molar-refractivity contribution >= 4 is 34.7 Å². The largest absolute Gasteiger partial charge is 0.495 e. The van der Waals surface area contributed by atoms with Gasteiger partial charge in [-0.2, -0.15) is 0 Å². The maximum absolute atomic E-state index is 13.4. The molecule has 0 bridgehead atoms. The van der Waals surface area contributed by atoms with Crippen LogP contribution in [0.2, 0.25) is 5.02 Å². The first-order valence-corrected chi connectivity index (χ1v) is 10.2. The number of rotatable bonds is 6. The number of imide groups is 1. The third kappa shape index (κ3) is 4.18. The molecule has 0 radical (unpaired) electrons. The number of amides is 2. The van der Waals surface area contributed by atoms with E-state index in [0.29, 0.717) is 27.6 Å². The van der Waals surface area contributed by atoms with Crippen LogP contribution >= 0.6 is 11.6 Å². The molecular weight excluding hydrogens is 412 g/mol. The predicted octanol–water partition coefficient (Wildman–Crippen LogP) is 5.05. The normalized spacial score (nSPS) is 13.7. The molecule has 3 aromatic carbocycles. The van der Waals surface area contributed by atoms with Crippen LogP contribution in [0.4, 0.5) is 5.69 Å². The summed E-state index contributed by atoms with van der Waals surface area (Å²) in [6, 6.07) is 21.9. The molecule has 1 N–H and O–H groups in total. The van der Waals surface area contributed by atoms with Gasteiger partial charge in [0.05, 0.1) is 24.9 Å². The molecule has 0 atom stereocenters. The van der Waals surface area contributed by atoms with Crippen LogP contribution in [0.25, 0.3) is 5.57 Å². The summed E-state index contributed by atoms with van der Waals surface area (Å²) in [7, 11) is 1.56. The van der Waals surface area contributed by atoms with Crippen LogP contribution in [-0.2, 0) is 16.1 Å². The molecule has 1 heterocycles. The number of hydrogen-bond acceptors (Lipinski definition) is 4. The molecule has 31 heavy (non-hydrogen) atoms. The van der Waals surface area contributed by atoms with Crippen LogP contribution in [0.15, 0.2) is 78.5 Å². The average molecular weight is 433 g/mol. The van der Waals surface area contributed by atoms with Gasteiger partial charge in [-0.25, -0.2) is 0 Å². The van der Waals surface area contributed by atoms with Gasteiger partial charge in [0.15, 0.2) is 0 Å². The van der Waals surface area contributed by atoms with Gasteiger partial charge >= 0.3 is 0 Å². The average Bonchev–Trinajstić information content (AvgIpc) is 3.00. The van der Waals surface area contributed by atoms with Gasteiger partial charge in [0, 0.05) is 5.02 Å². The number of anilines is 1. The number of nitrogens with zero attached hydrogens (tertiary/aromatic N) is 1. The smallest absolute Gasteiger partial charge is 0.278 e. The van der Waals surface area contributed by atoms with E-state index in [9.17, 15) is 9.59 Å². The maximum Gasteiger partial charge on any atom is 0.278 e. The highest BCUT2D eigenvalue weighted by molar-refractivity contribution is 6.36. The molecule has 4 rings (SSSR count). The minimum absolute atomic E-state index is 0.154. The molecule has 0 aliphatic carbocycles. The molecule has 2 amide bonds. The molecule has 0 aromatic heterocycles. The lowest BCUT2D eigenvalue weighted by Gasteiger charge is -2.16. The van der Waals surface area contributed by atoms with Crippen molar-refractivity contribution in [2.75, 3.05) is 12.4 Å². The lowest BCUT2D eigenvalue weighted by molar-refractivity contribution is -0.137. The standard InChI is InChI=1S/C25H21ClN2O3/c1-16-7-11-18(12-8-16)22-23(27-20-5-3-4-6-21(20)31-2)25(30)28(24(22)29)15-17-9-13-19(26)14-10-17/h3-14,27H,15H2,1-2H3. The van der Waals surface area contributed by atoms with Crippen LogP contribution in [0.1, 0.15) is 16.7 Å². The van der Waals surface area contributed by atoms with Gasteiger partial charge in [0.1, 0.15) is 11.4 Å². The Kier molecular flexibility index (Phi) is 5.78. The summed E-state index contributed by atoms with van der Waals surface area (Å²) in [6.45, 7) is 2.13. The summed E-state index contributed by atoms with van der Waals surface area (Å²) in [5.74, 6) is -0.155. The molecule has 1 aliphatic rings. The Balaban J connectivity index is 1.75. The van der Waals surface area contributed by atoms with Crippen LogP contribution in [0.3, 0.4) is 0 Å². The van der Waals surface area contributed by atoms with E-state index in [1.807, 2.05) is 43.3 Å². The summed E-state index contributed by atoms with van der Waals surface area (Å²) < 4.78 is 5.40. The van der Waals surface area contributed by atoms with Gasteiger partial charge < -0.3 is 10.1 Å². The van der Waals surface area contributed by atoms with Gasteiger partial charge in [-0.3, -0.25) is 14.5 Å². The van der Waals surface area contributed by atoms with Crippen LogP contribution in [0, 0.1) is 6.92 Å². The summed E-state index contributed by atoms with van der Waals surface area (Å²) in [4.78, 5) is 28.0. The molecule has 6 heteroatoms. The molecular formula is C25H21ClN2O3. The quantitative estimate of drug-likeness (QED) is 0.554. The number of carbonyl (C=O) groups excluding carboxylic acids is 2. The Bertz CT molecular complexity index is 1170. The van der Waals surface area contributed by atoms with Crippen LogP contribution in [0.5, 0.6) is 5.75 Å². The summed E-state index contributed by atoms with van der Waals surface area (Å²) >= 11 is 5.97. The number of halogens is 1. The second-order valence-corrected chi connectivity index (χ2v) is 7.70. The minimum atomic E-state index is -0.388. The van der Waals surface area contributed by atoms with Crippen molar-refractivity contribution in [3.63, 3.8) is 0 Å². The van der Waals surface area contributed by atoms with E-state index >= 15 is 0 Å². The predicted molar refractivity (Wildman–Crippen MR) is 122 cm³/mol. The SMILES string of the molecule is COc1ccccc1NC1=C(c2ccc(C)cc2)C(=O)N(Cc2ccc(Cl)cc2)C1=O. The second kappa shape index (κ2) is 8.66. The lowest BCUT2D eigenvalue weighted by atomic mass is 10.0. The van der Waals surface area contributed by atoms with E-state index in [-0.39, 0.29) is 24.1 Å². The Morgan fingerprint density at radius 3 is 2.26 bits per heavy atom. The molecule has 0 unspecified atom stereocenters. The van der Waals surface area contributed by atoms with Gasteiger partial charge in [-0.05, 0) is 42.3 Å². The van der Waals surface area contributed by atoms with Crippen molar-refractivity contribution in [3.05, 3.63) is 100 Å². The van der Waals surface area contributed by atoms with Crippen molar-refractivity contribution < 1.29 is 14.3 Å². The number of carbonyl (C=O) groups is 2. The molecule has 0 saturated heterocycles. The molecule has 3 aromatic rings. The van der Waals surface area contributed by atoms with E-state index in [0.717, 1.165) is 11.1 Å². The molecule has 0 spiro atoms. The van der Waals surface area contributed by atoms with E-state index in [1.165, 1.54) is 4.90 Å². The molecule has 0 fully saturated rings. The van der Waals surface area contributed by atoms with Gasteiger partial charge in [0.25, 0.3) is 11.8 Å². The van der Waals surface area contributed by atoms with Crippen molar-refractivity contribution in [3.8, 4) is 5.75 Å². The van der Waals surface area contributed by atoms with Crippen molar-refractivity contribution in [1.82, 2.24) is 4.90 Å². The maximum atomic E-state index is 13.4. The molecule has 5 nitrogen and oxygen atoms in total. The van der Waals surface area contributed by atoms with E-state index < -0.39 is 0 Å². The summed E-state index contributed by atoms with van der Waals surface area (Å²) in [5, 5.41) is 3.75. The zero-order valence-electron chi connectivity index (χ0n) is 17.2. The number of methoxy groups -OCH3 is 1. The number of benzene rings is 3. The van der Waals surface area contributed by atoms with Gasteiger partial charge in [-0.15, -0.1) is 0 Å². The zero-order valence-corrected chi connectivity index (χ0v) is 17.9. The topological polar surface area (TPSA) is 58.6 Å². The van der Waals surface area contributed by atoms with E-state index in [2.05, 4.69) is 5.32 Å². The van der Waals surface area contributed by atoms with Crippen molar-refractivity contribution in [2.45, 2.75) is 13.5 Å². The number of para-hydroxylation sites is 2. The Labute approximate surface area is 185 Å². The lowest BCUT2D eigenvalue weighted by Crippen LogP contribution is -2.32. The monoisotopic (exact) mass is 432 g/mol. The highest BCUT2D eigenvalue weighted by atomic mass is 35.5. The minimum Gasteiger partial charge on any atom is -0.495 e. The number of nitrogens with one attached hydrogen (secondary N) is 1. The first-order chi connectivity index (χ1) is 15.0. The summed E-state index contributed by atoms with van der Waals surface area (Å²) in [5.41, 5.74) is 3.74. The van der Waals surface area contributed by atoms with E-state index in [1.54, 1.807) is 43.5 Å². The molecule has 156 valence electrons. The third-order valence-corrected chi connectivity index (χ3v) is 5.38. The van der Waals surface area contributed by atoms with Crippen LogP contribution in [-0.4, -0.2) is 23.8 Å². The van der Waals surface area contributed by atoms with E-state index in [4.69, 9.17) is 16.3 Å². The molecule has 1 aliphatic heterocycles. The first kappa shape index (κ1) is 20.7. The Morgan fingerprint density at radius 1 is 0.903 bits per heavy atom. The highest BCUT2D eigenvalue weighted by Crippen LogP contribution is 2.34. The van der Waals surface area contributed by atoms with Crippen molar-refractivity contribution in [2.24, 2.45) is 0 Å². The third-order valence-electron chi connectivity index (χ3n) is 5.13. The van der Waals surface area contributed by atoms with Crippen LogP contribution < -0.4 is 10.1 Å². The van der Waals surface area contributed by atoms with Gasteiger partial charge in [0.2, 0.25) is 0 Å². The van der Waals surface area contributed by atoms with Crippen molar-refractivity contribution in [1.29, 1.82) is 0 Å².